The second kappa shape index (κ2) is 8.20. The summed E-state index contributed by atoms with van der Waals surface area (Å²) in [7, 11) is 1.77. The van der Waals surface area contributed by atoms with Gasteiger partial charge in [-0.15, -0.1) is 0 Å². The van der Waals surface area contributed by atoms with E-state index in [9.17, 15) is 9.59 Å². The Bertz CT molecular complexity index is 832. The van der Waals surface area contributed by atoms with E-state index in [-0.39, 0.29) is 12.0 Å². The molecule has 2 amide bonds. The molecule has 28 heavy (non-hydrogen) atoms. The predicted molar refractivity (Wildman–Crippen MR) is 108 cm³/mol. The van der Waals surface area contributed by atoms with E-state index in [2.05, 4.69) is 10.2 Å². The van der Waals surface area contributed by atoms with Crippen molar-refractivity contribution in [2.75, 3.05) is 26.7 Å². The molecule has 152 valence electrons. The predicted octanol–water partition coefficient (Wildman–Crippen LogP) is 3.21. The van der Waals surface area contributed by atoms with Gasteiger partial charge in [-0.05, 0) is 45.6 Å². The summed E-state index contributed by atoms with van der Waals surface area (Å²) >= 11 is 0. The third kappa shape index (κ3) is 5.03. The Morgan fingerprint density at radius 1 is 1.25 bits per heavy atom. The number of hydrogen-bond donors (Lipinski definition) is 1. The van der Waals surface area contributed by atoms with Crippen molar-refractivity contribution in [3.05, 3.63) is 30.0 Å². The molecular weight excluding hydrogens is 356 g/mol. The smallest absolute Gasteiger partial charge is 0.410 e. The van der Waals surface area contributed by atoms with Gasteiger partial charge in [0.1, 0.15) is 5.60 Å². The van der Waals surface area contributed by atoms with E-state index in [1.165, 1.54) is 0 Å². The van der Waals surface area contributed by atoms with Gasteiger partial charge in [-0.3, -0.25) is 9.89 Å². The standard InChI is InChI=1S/C21H30N4O3/c1-21(2,3)28-20(27)24(4)14-15-9-11-25(12-10-15)19(26)13-18-16-7-5-6-8-17(16)22-23-18/h5-8,15H,9-14H2,1-4H3,(H,22,23). The van der Waals surface area contributed by atoms with Crippen LogP contribution in [0.3, 0.4) is 0 Å². The van der Waals surface area contributed by atoms with Crippen LogP contribution >= 0.6 is 0 Å². The largest absolute Gasteiger partial charge is 0.444 e. The first-order valence-corrected chi connectivity index (χ1v) is 9.87. The number of hydrogen-bond acceptors (Lipinski definition) is 4. The van der Waals surface area contributed by atoms with Gasteiger partial charge in [-0.1, -0.05) is 18.2 Å². The highest BCUT2D eigenvalue weighted by Crippen LogP contribution is 2.21. The highest BCUT2D eigenvalue weighted by Gasteiger charge is 2.27. The zero-order chi connectivity index (χ0) is 20.3. The maximum Gasteiger partial charge on any atom is 0.410 e. The van der Waals surface area contributed by atoms with Crippen LogP contribution < -0.4 is 0 Å². The fourth-order valence-corrected chi connectivity index (χ4v) is 3.58. The molecule has 7 nitrogen and oxygen atoms in total. The molecule has 7 heteroatoms. The van der Waals surface area contributed by atoms with Crippen LogP contribution in [0.15, 0.2) is 24.3 Å². The lowest BCUT2D eigenvalue weighted by molar-refractivity contribution is -0.132. The van der Waals surface area contributed by atoms with Gasteiger partial charge in [0, 0.05) is 32.1 Å². The molecule has 0 spiro atoms. The van der Waals surface area contributed by atoms with Crippen LogP contribution in [-0.4, -0.2) is 64.3 Å². The topological polar surface area (TPSA) is 78.5 Å². The number of rotatable bonds is 4. The number of amides is 2. The molecule has 1 aromatic heterocycles. The van der Waals surface area contributed by atoms with Crippen LogP contribution in [0.25, 0.3) is 10.9 Å². The monoisotopic (exact) mass is 386 g/mol. The van der Waals surface area contributed by atoms with E-state index in [4.69, 9.17) is 4.74 Å². The van der Waals surface area contributed by atoms with Crippen LogP contribution in [0.2, 0.25) is 0 Å². The first kappa shape index (κ1) is 20.2. The van der Waals surface area contributed by atoms with Crippen molar-refractivity contribution in [2.24, 2.45) is 5.92 Å². The van der Waals surface area contributed by atoms with Gasteiger partial charge >= 0.3 is 6.09 Å². The van der Waals surface area contributed by atoms with Crippen LogP contribution in [0.4, 0.5) is 4.79 Å². The highest BCUT2D eigenvalue weighted by atomic mass is 16.6. The average Bonchev–Trinajstić information content (AvgIpc) is 3.04. The number of carbonyl (C=O) groups is 2. The number of fused-ring (bicyclic) bond motifs is 1. The first-order valence-electron chi connectivity index (χ1n) is 9.87. The molecule has 0 bridgehead atoms. The van der Waals surface area contributed by atoms with Crippen molar-refractivity contribution in [3.63, 3.8) is 0 Å². The molecule has 1 aliphatic rings. The molecule has 1 aromatic carbocycles. The molecule has 0 aliphatic carbocycles. The summed E-state index contributed by atoms with van der Waals surface area (Å²) in [6.07, 6.45) is 1.82. The van der Waals surface area contributed by atoms with Crippen LogP contribution in [0, 0.1) is 5.92 Å². The molecule has 0 saturated carbocycles. The molecule has 1 aliphatic heterocycles. The van der Waals surface area contributed by atoms with Crippen molar-refractivity contribution in [1.82, 2.24) is 20.0 Å². The Labute approximate surface area is 166 Å². The summed E-state index contributed by atoms with van der Waals surface area (Å²) in [5.41, 5.74) is 1.26. The van der Waals surface area contributed by atoms with E-state index in [1.54, 1.807) is 11.9 Å². The van der Waals surface area contributed by atoms with E-state index in [0.29, 0.717) is 18.9 Å². The number of para-hydroxylation sites is 1. The van der Waals surface area contributed by atoms with E-state index in [0.717, 1.165) is 42.5 Å². The molecular formula is C21H30N4O3. The fraction of sp³-hybridized carbons (Fsp3) is 0.571. The quantitative estimate of drug-likeness (QED) is 0.875. The van der Waals surface area contributed by atoms with Crippen molar-refractivity contribution < 1.29 is 14.3 Å². The fourth-order valence-electron chi connectivity index (χ4n) is 3.58. The van der Waals surface area contributed by atoms with Crippen molar-refractivity contribution in [2.45, 2.75) is 45.6 Å². The molecule has 0 atom stereocenters. The Hall–Kier alpha value is -2.57. The minimum Gasteiger partial charge on any atom is -0.444 e. The highest BCUT2D eigenvalue weighted by molar-refractivity contribution is 5.87. The van der Waals surface area contributed by atoms with Crippen LogP contribution in [-0.2, 0) is 16.0 Å². The molecule has 1 N–H and O–H groups in total. The van der Waals surface area contributed by atoms with E-state index < -0.39 is 5.60 Å². The van der Waals surface area contributed by atoms with Gasteiger partial charge in [0.15, 0.2) is 0 Å². The van der Waals surface area contributed by atoms with Crippen LogP contribution in [0.5, 0.6) is 0 Å². The lowest BCUT2D eigenvalue weighted by Crippen LogP contribution is -2.43. The number of nitrogens with one attached hydrogen (secondary N) is 1. The van der Waals surface area contributed by atoms with Gasteiger partial charge in [0.05, 0.1) is 17.6 Å². The van der Waals surface area contributed by atoms with Gasteiger partial charge in [0.25, 0.3) is 0 Å². The SMILES string of the molecule is CN(CC1CCN(C(=O)Cc2[nH]nc3ccccc23)CC1)C(=O)OC(C)(C)C. The molecule has 3 rings (SSSR count). The zero-order valence-electron chi connectivity index (χ0n) is 17.2. The summed E-state index contributed by atoms with van der Waals surface area (Å²) in [5.74, 6) is 0.503. The lowest BCUT2D eigenvalue weighted by atomic mass is 9.96. The molecule has 0 unspecified atom stereocenters. The first-order chi connectivity index (χ1) is 13.2. The zero-order valence-corrected chi connectivity index (χ0v) is 17.2. The number of nitrogens with zero attached hydrogens (tertiary/aromatic N) is 3. The maximum atomic E-state index is 12.7. The summed E-state index contributed by atoms with van der Waals surface area (Å²) in [6, 6.07) is 7.82. The average molecular weight is 386 g/mol. The number of likely N-dealkylation sites (tertiary alicyclic amines) is 1. The number of aromatic amines is 1. The molecule has 2 aromatic rings. The Kier molecular flexibility index (Phi) is 5.91. The van der Waals surface area contributed by atoms with Crippen molar-refractivity contribution in [3.8, 4) is 0 Å². The van der Waals surface area contributed by atoms with Crippen LogP contribution in [0.1, 0.15) is 39.3 Å². The van der Waals surface area contributed by atoms with Gasteiger partial charge < -0.3 is 14.5 Å². The molecule has 2 heterocycles. The summed E-state index contributed by atoms with van der Waals surface area (Å²) in [6.45, 7) is 7.70. The number of carbonyl (C=O) groups excluding carboxylic acids is 2. The number of H-pyrrole nitrogens is 1. The summed E-state index contributed by atoms with van der Waals surface area (Å²) in [4.78, 5) is 28.4. The second-order valence-electron chi connectivity index (χ2n) is 8.58. The maximum absolute atomic E-state index is 12.7. The molecule has 1 saturated heterocycles. The minimum atomic E-state index is -0.488. The third-order valence-electron chi connectivity index (χ3n) is 5.07. The Morgan fingerprint density at radius 2 is 1.93 bits per heavy atom. The Morgan fingerprint density at radius 3 is 2.61 bits per heavy atom. The van der Waals surface area contributed by atoms with Gasteiger partial charge in [0.2, 0.25) is 5.91 Å². The molecule has 0 radical (unpaired) electrons. The minimum absolute atomic E-state index is 0.119. The Balaban J connectivity index is 1.48. The number of piperidine rings is 1. The third-order valence-corrected chi connectivity index (χ3v) is 5.07. The van der Waals surface area contributed by atoms with Crippen molar-refractivity contribution in [1.29, 1.82) is 0 Å². The summed E-state index contributed by atoms with van der Waals surface area (Å²) in [5, 5.41) is 8.26. The lowest BCUT2D eigenvalue weighted by Gasteiger charge is -2.34. The van der Waals surface area contributed by atoms with E-state index in [1.807, 2.05) is 49.9 Å². The van der Waals surface area contributed by atoms with E-state index >= 15 is 0 Å². The van der Waals surface area contributed by atoms with Crippen molar-refractivity contribution >= 4 is 22.9 Å². The number of benzene rings is 1. The summed E-state index contributed by atoms with van der Waals surface area (Å²) < 4.78 is 5.41. The number of aromatic nitrogens is 2. The van der Waals surface area contributed by atoms with Gasteiger partial charge in [-0.25, -0.2) is 4.79 Å². The second-order valence-corrected chi connectivity index (χ2v) is 8.58. The van der Waals surface area contributed by atoms with Gasteiger partial charge in [-0.2, -0.15) is 5.10 Å². The normalized spacial score (nSPS) is 15.6. The number of ether oxygens (including phenoxy) is 1. The molecule has 1 fully saturated rings.